The topological polar surface area (TPSA) is 175 Å². The van der Waals surface area contributed by atoms with Crippen LogP contribution in [0.15, 0.2) is 66.6 Å². The van der Waals surface area contributed by atoms with Gasteiger partial charge in [0.25, 0.3) is 11.8 Å². The molecule has 2 aliphatic rings. The minimum atomic E-state index is -4.68. The zero-order valence-corrected chi connectivity index (χ0v) is 23.9. The van der Waals surface area contributed by atoms with Gasteiger partial charge in [0, 0.05) is 21.9 Å². The molecule has 0 bridgehead atoms. The number of fused-ring (bicyclic) bond motifs is 2. The van der Waals surface area contributed by atoms with Crippen LogP contribution < -0.4 is 16.5 Å². The second kappa shape index (κ2) is 11.4. The summed E-state index contributed by atoms with van der Waals surface area (Å²) in [5, 5.41) is 26.4. The fraction of sp³-hybridized carbons (Fsp3) is 0.167. The number of thiazole rings is 1. The number of carbonyl (C=O) groups is 3. The van der Waals surface area contributed by atoms with Crippen LogP contribution in [0, 0.1) is 0 Å². The zero-order valence-electron chi connectivity index (χ0n) is 20.6. The number of amides is 2. The van der Waals surface area contributed by atoms with Gasteiger partial charge >= 0.3 is 12.1 Å². The number of allylic oxidation sites excluding steroid dienone is 1. The van der Waals surface area contributed by atoms with E-state index in [1.807, 2.05) is 0 Å². The zero-order chi connectivity index (χ0) is 30.3. The number of hydrogen-bond donors (Lipinski definition) is 4. The Hall–Kier alpha value is -3.87. The number of nitrogen functional groups attached to an aromatic ring is 1. The summed E-state index contributed by atoms with van der Waals surface area (Å²) in [4.78, 5) is 55.1. The third kappa shape index (κ3) is 5.49. The van der Waals surface area contributed by atoms with E-state index in [1.165, 1.54) is 40.8 Å². The second-order valence-corrected chi connectivity index (χ2v) is 12.9. The van der Waals surface area contributed by atoms with E-state index in [2.05, 4.69) is 15.5 Å². The lowest BCUT2D eigenvalue weighted by molar-refractivity contribution is -0.150. The number of carboxylic acids is 1. The third-order valence-corrected chi connectivity index (χ3v) is 10.1. The summed E-state index contributed by atoms with van der Waals surface area (Å²) in [5.74, 6) is -2.83. The molecular formula is C24H16F3N5O6S4. The number of alkyl halides is 3. The van der Waals surface area contributed by atoms with Gasteiger partial charge in [-0.05, 0) is 29.2 Å². The molecule has 1 aromatic carbocycles. The number of benzene rings is 1. The maximum Gasteiger partial charge on any atom is 0.417 e. The number of nitrogens with zero attached hydrogens (tertiary/aromatic N) is 3. The highest BCUT2D eigenvalue weighted by Crippen LogP contribution is 2.41. The van der Waals surface area contributed by atoms with Crippen LogP contribution >= 0.6 is 46.2 Å². The van der Waals surface area contributed by atoms with E-state index >= 15 is 0 Å². The largest absolute Gasteiger partial charge is 0.477 e. The van der Waals surface area contributed by atoms with Crippen molar-refractivity contribution in [1.82, 2.24) is 15.2 Å². The third-order valence-electron chi connectivity index (χ3n) is 6.06. The summed E-state index contributed by atoms with van der Waals surface area (Å²) >= 11 is 4.20. The van der Waals surface area contributed by atoms with Crippen molar-refractivity contribution in [2.45, 2.75) is 21.8 Å². The maximum atomic E-state index is 13.3. The average molecular weight is 656 g/mol. The molecule has 5 rings (SSSR count). The van der Waals surface area contributed by atoms with E-state index < -0.39 is 57.5 Å². The number of aromatic nitrogens is 1. The molecule has 0 spiro atoms. The molecule has 42 heavy (non-hydrogen) atoms. The maximum absolute atomic E-state index is 13.3. The van der Waals surface area contributed by atoms with Crippen molar-refractivity contribution in [1.29, 1.82) is 0 Å². The number of thioether (sulfide) groups is 2. The van der Waals surface area contributed by atoms with E-state index in [9.17, 15) is 42.7 Å². The van der Waals surface area contributed by atoms with Crippen LogP contribution in [0.2, 0.25) is 0 Å². The van der Waals surface area contributed by atoms with Crippen molar-refractivity contribution < 1.29 is 37.9 Å². The molecule has 1 saturated heterocycles. The summed E-state index contributed by atoms with van der Waals surface area (Å²) in [5.41, 5.74) is 3.27. The standard InChI is InChI=1S/C24H16F3N5O6S4/c25-24(26,27)10-2-1-3-13-15(10)12(33)6-14(42-13)39-5-4-9-7-40-21-17(20(35)32(21)18(9)22(36)37)30-19(34)16(31-38)11-8-41-23(28)29-11/h1-6,8,17,21,38H,7H2,(H2,28,29)(H,30,34)(H,36,37)/b5-4+,31-16+/t17?,21-/m1/s1. The van der Waals surface area contributed by atoms with Gasteiger partial charge in [0.2, 0.25) is 0 Å². The first-order valence-corrected chi connectivity index (χ1v) is 15.2. The quantitative estimate of drug-likeness (QED) is 0.0969. The van der Waals surface area contributed by atoms with Crippen LogP contribution in [0.25, 0.3) is 10.1 Å². The van der Waals surface area contributed by atoms with Gasteiger partial charge in [-0.15, -0.1) is 34.4 Å². The number of nitrogens with two attached hydrogens (primary N) is 1. The van der Waals surface area contributed by atoms with Crippen molar-refractivity contribution >= 4 is 84.9 Å². The molecule has 0 radical (unpaired) electrons. The van der Waals surface area contributed by atoms with Gasteiger partial charge in [-0.2, -0.15) is 13.2 Å². The van der Waals surface area contributed by atoms with E-state index in [1.54, 1.807) is 0 Å². The van der Waals surface area contributed by atoms with Crippen molar-refractivity contribution in [2.24, 2.45) is 5.16 Å². The molecule has 0 saturated carbocycles. The molecule has 2 aromatic heterocycles. The Morgan fingerprint density at radius 1 is 1.29 bits per heavy atom. The summed E-state index contributed by atoms with van der Waals surface area (Å²) in [6.45, 7) is 0. The lowest BCUT2D eigenvalue weighted by Gasteiger charge is -2.49. The number of oxime groups is 1. The average Bonchev–Trinajstić information content (AvgIpc) is 3.36. The molecule has 11 nitrogen and oxygen atoms in total. The van der Waals surface area contributed by atoms with Gasteiger partial charge in [-0.3, -0.25) is 19.3 Å². The number of anilines is 1. The Kier molecular flexibility index (Phi) is 8.06. The normalized spacial score (nSPS) is 19.3. The number of carbonyl (C=O) groups excluding carboxylic acids is 2. The van der Waals surface area contributed by atoms with E-state index in [0.29, 0.717) is 4.21 Å². The van der Waals surface area contributed by atoms with Crippen molar-refractivity contribution in [3.05, 3.63) is 73.9 Å². The van der Waals surface area contributed by atoms with Gasteiger partial charge in [-0.1, -0.05) is 23.0 Å². The molecule has 1 fully saturated rings. The first-order chi connectivity index (χ1) is 19.9. The summed E-state index contributed by atoms with van der Waals surface area (Å²) in [7, 11) is 0. The molecule has 1 unspecified atom stereocenters. The molecule has 218 valence electrons. The first kappa shape index (κ1) is 29.6. The monoisotopic (exact) mass is 655 g/mol. The van der Waals surface area contributed by atoms with Crippen molar-refractivity contribution in [2.75, 3.05) is 11.5 Å². The lowest BCUT2D eigenvalue weighted by atomic mass is 10.0. The van der Waals surface area contributed by atoms with Crippen LogP contribution in [0.4, 0.5) is 18.3 Å². The molecule has 2 amide bonds. The molecule has 18 heteroatoms. The van der Waals surface area contributed by atoms with Crippen LogP contribution in [0.5, 0.6) is 0 Å². The van der Waals surface area contributed by atoms with E-state index in [4.69, 9.17) is 5.73 Å². The highest BCUT2D eigenvalue weighted by atomic mass is 32.2. The highest BCUT2D eigenvalue weighted by Gasteiger charge is 2.54. The molecular weight excluding hydrogens is 640 g/mol. The first-order valence-electron chi connectivity index (χ1n) is 11.5. The highest BCUT2D eigenvalue weighted by molar-refractivity contribution is 8.04. The van der Waals surface area contributed by atoms with Crippen LogP contribution in [-0.2, 0) is 20.6 Å². The summed E-state index contributed by atoms with van der Waals surface area (Å²) in [6.07, 6.45) is -3.23. The number of hydrogen-bond acceptors (Lipinski definition) is 12. The fourth-order valence-electron chi connectivity index (χ4n) is 4.25. The summed E-state index contributed by atoms with van der Waals surface area (Å²) in [6, 6.07) is 3.48. The Bertz CT molecular complexity index is 1780. The minimum Gasteiger partial charge on any atom is -0.477 e. The Morgan fingerprint density at radius 3 is 2.69 bits per heavy atom. The van der Waals surface area contributed by atoms with Crippen LogP contribution in [0.3, 0.4) is 0 Å². The van der Waals surface area contributed by atoms with E-state index in [0.717, 1.165) is 51.5 Å². The number of rotatable bonds is 7. The van der Waals surface area contributed by atoms with Gasteiger partial charge in [0.1, 0.15) is 22.8 Å². The molecule has 2 aliphatic heterocycles. The lowest BCUT2D eigenvalue weighted by Crippen LogP contribution is -2.71. The van der Waals surface area contributed by atoms with Crippen LogP contribution in [-0.4, -0.2) is 60.9 Å². The number of halogens is 3. The van der Waals surface area contributed by atoms with Gasteiger partial charge in [0.15, 0.2) is 16.3 Å². The molecule has 2 atom stereocenters. The summed E-state index contributed by atoms with van der Waals surface area (Å²) < 4.78 is 40.5. The predicted molar refractivity (Wildman–Crippen MR) is 153 cm³/mol. The number of aliphatic carboxylic acids is 1. The number of nitrogens with one attached hydrogen (secondary N) is 1. The van der Waals surface area contributed by atoms with Crippen molar-refractivity contribution in [3.8, 4) is 0 Å². The molecule has 5 N–H and O–H groups in total. The SMILES string of the molecule is Nc1nc(/C(=N\O)C(=O)NC2C(=O)N3C(C(=O)O)=C(/C=C/Sc4cc(=O)c5c(C(F)(F)F)cccc5s4)CS[C@H]23)cs1. The molecule has 3 aromatic rings. The smallest absolute Gasteiger partial charge is 0.417 e. The molecule has 0 aliphatic carbocycles. The Balaban J connectivity index is 1.33. The Morgan fingerprint density at radius 2 is 2.05 bits per heavy atom. The molecule has 4 heterocycles. The predicted octanol–water partition coefficient (Wildman–Crippen LogP) is 3.54. The van der Waals surface area contributed by atoms with Gasteiger partial charge in [0.05, 0.1) is 15.2 Å². The Labute approximate surface area is 249 Å². The van der Waals surface area contributed by atoms with Gasteiger partial charge in [-0.25, -0.2) is 9.78 Å². The number of β-lactam (4-membered cyclic amide) rings is 1. The second-order valence-electron chi connectivity index (χ2n) is 8.59. The van der Waals surface area contributed by atoms with Crippen LogP contribution in [0.1, 0.15) is 11.3 Å². The van der Waals surface area contributed by atoms with Crippen molar-refractivity contribution in [3.63, 3.8) is 0 Å². The number of carboxylic acid groups (broad SMARTS) is 1. The van der Waals surface area contributed by atoms with E-state index in [-0.39, 0.29) is 32.5 Å². The minimum absolute atomic E-state index is 0.00527. The fourth-order valence-corrected chi connectivity index (χ4v) is 8.13. The van der Waals surface area contributed by atoms with Gasteiger partial charge < -0.3 is 21.4 Å².